The molecule has 2 heterocycles. The van der Waals surface area contributed by atoms with Gasteiger partial charge >= 0.3 is 17.8 Å². The van der Waals surface area contributed by atoms with Crippen LogP contribution in [0.3, 0.4) is 0 Å². The van der Waals surface area contributed by atoms with Crippen LogP contribution in [0.2, 0.25) is 0 Å². The SMILES string of the molecule is CCOC(=O)c1cn(-c2ccc(CCN3CCOC3=O)cc2)c(=O)[nH]c1=O. The average Bonchev–Trinajstić information content (AvgIpc) is 3.06. The lowest BCUT2D eigenvalue weighted by molar-refractivity contribution is 0.0523. The Labute approximate surface area is 154 Å². The zero-order valence-corrected chi connectivity index (χ0v) is 14.8. The van der Waals surface area contributed by atoms with E-state index >= 15 is 0 Å². The summed E-state index contributed by atoms with van der Waals surface area (Å²) in [5, 5.41) is 0. The molecule has 0 atom stereocenters. The van der Waals surface area contributed by atoms with Gasteiger partial charge in [-0.3, -0.25) is 14.3 Å². The van der Waals surface area contributed by atoms with E-state index < -0.39 is 17.2 Å². The van der Waals surface area contributed by atoms with Crippen molar-refractivity contribution < 1.29 is 19.1 Å². The largest absolute Gasteiger partial charge is 0.462 e. The van der Waals surface area contributed by atoms with Crippen molar-refractivity contribution in [2.24, 2.45) is 0 Å². The van der Waals surface area contributed by atoms with Gasteiger partial charge in [0.05, 0.1) is 18.8 Å². The highest BCUT2D eigenvalue weighted by molar-refractivity contribution is 5.88. The van der Waals surface area contributed by atoms with Crippen LogP contribution in [0.5, 0.6) is 0 Å². The van der Waals surface area contributed by atoms with E-state index in [1.54, 1.807) is 24.0 Å². The number of aromatic nitrogens is 2. The summed E-state index contributed by atoms with van der Waals surface area (Å²) in [7, 11) is 0. The van der Waals surface area contributed by atoms with Gasteiger partial charge in [0.25, 0.3) is 5.56 Å². The summed E-state index contributed by atoms with van der Waals surface area (Å²) in [4.78, 5) is 50.9. The van der Waals surface area contributed by atoms with Crippen LogP contribution in [0.15, 0.2) is 40.1 Å². The highest BCUT2D eigenvalue weighted by Gasteiger charge is 2.21. The third-order valence-corrected chi connectivity index (χ3v) is 4.17. The molecule has 142 valence electrons. The lowest BCUT2D eigenvalue weighted by atomic mass is 10.1. The first-order chi connectivity index (χ1) is 13.0. The van der Waals surface area contributed by atoms with Crippen molar-refractivity contribution in [1.29, 1.82) is 0 Å². The summed E-state index contributed by atoms with van der Waals surface area (Å²) < 4.78 is 10.9. The number of nitrogens with one attached hydrogen (secondary N) is 1. The predicted octanol–water partition coefficient (Wildman–Crippen LogP) is 0.697. The highest BCUT2D eigenvalue weighted by atomic mass is 16.6. The highest BCUT2D eigenvalue weighted by Crippen LogP contribution is 2.11. The van der Waals surface area contributed by atoms with Crippen LogP contribution in [0.25, 0.3) is 5.69 Å². The van der Waals surface area contributed by atoms with Crippen LogP contribution < -0.4 is 11.2 Å². The lowest BCUT2D eigenvalue weighted by Crippen LogP contribution is -2.33. The first-order valence-corrected chi connectivity index (χ1v) is 8.53. The molecule has 0 bridgehead atoms. The van der Waals surface area contributed by atoms with E-state index in [2.05, 4.69) is 4.98 Å². The number of cyclic esters (lactones) is 1. The van der Waals surface area contributed by atoms with Gasteiger partial charge < -0.3 is 14.4 Å². The number of nitrogens with zero attached hydrogens (tertiary/aromatic N) is 2. The maximum Gasteiger partial charge on any atom is 0.409 e. The minimum Gasteiger partial charge on any atom is -0.462 e. The summed E-state index contributed by atoms with van der Waals surface area (Å²) in [5.74, 6) is -0.790. The minimum atomic E-state index is -0.790. The van der Waals surface area contributed by atoms with Gasteiger partial charge in [-0.15, -0.1) is 0 Å². The first-order valence-electron chi connectivity index (χ1n) is 8.53. The number of benzene rings is 1. The molecule has 1 aromatic heterocycles. The van der Waals surface area contributed by atoms with E-state index in [9.17, 15) is 19.2 Å². The topological polar surface area (TPSA) is 111 Å². The van der Waals surface area contributed by atoms with Gasteiger partial charge in [-0.05, 0) is 31.0 Å². The van der Waals surface area contributed by atoms with E-state index in [1.807, 2.05) is 12.1 Å². The van der Waals surface area contributed by atoms with Gasteiger partial charge in [0.2, 0.25) is 0 Å². The van der Waals surface area contributed by atoms with Crippen molar-refractivity contribution >= 4 is 12.1 Å². The molecule has 0 aliphatic carbocycles. The number of amides is 1. The molecule has 0 unspecified atom stereocenters. The molecule has 27 heavy (non-hydrogen) atoms. The zero-order valence-electron chi connectivity index (χ0n) is 14.8. The third kappa shape index (κ3) is 4.08. The molecule has 0 saturated carbocycles. The quantitative estimate of drug-likeness (QED) is 0.746. The second-order valence-corrected chi connectivity index (χ2v) is 5.91. The smallest absolute Gasteiger partial charge is 0.409 e. The van der Waals surface area contributed by atoms with E-state index in [0.29, 0.717) is 31.8 Å². The van der Waals surface area contributed by atoms with Crippen LogP contribution in [0.4, 0.5) is 4.79 Å². The van der Waals surface area contributed by atoms with Gasteiger partial charge in [-0.2, -0.15) is 0 Å². The Kier molecular flexibility index (Phi) is 5.39. The maximum atomic E-state index is 12.1. The Balaban J connectivity index is 1.79. The molecule has 1 amide bonds. The van der Waals surface area contributed by atoms with E-state index in [1.165, 1.54) is 10.8 Å². The number of H-pyrrole nitrogens is 1. The van der Waals surface area contributed by atoms with Gasteiger partial charge in [0.1, 0.15) is 12.2 Å². The molecule has 2 aromatic rings. The summed E-state index contributed by atoms with van der Waals surface area (Å²) in [6, 6.07) is 7.04. The average molecular weight is 373 g/mol. The van der Waals surface area contributed by atoms with Crippen LogP contribution in [-0.4, -0.2) is 52.8 Å². The van der Waals surface area contributed by atoms with Crippen LogP contribution in [0.1, 0.15) is 22.8 Å². The normalized spacial score (nSPS) is 13.5. The van der Waals surface area contributed by atoms with Gasteiger partial charge in [0, 0.05) is 12.7 Å². The molecule has 1 aliphatic rings. The molecule has 1 N–H and O–H groups in total. The molecular weight excluding hydrogens is 354 g/mol. The summed E-state index contributed by atoms with van der Waals surface area (Å²) in [6.45, 7) is 3.29. The monoisotopic (exact) mass is 373 g/mol. The molecule has 1 aromatic carbocycles. The van der Waals surface area contributed by atoms with E-state index in [-0.39, 0.29) is 18.3 Å². The summed E-state index contributed by atoms with van der Waals surface area (Å²) in [6.07, 6.45) is 1.51. The number of ether oxygens (including phenoxy) is 2. The fourth-order valence-corrected chi connectivity index (χ4v) is 2.73. The van der Waals surface area contributed by atoms with E-state index in [4.69, 9.17) is 9.47 Å². The Morgan fingerprint density at radius 1 is 1.22 bits per heavy atom. The molecule has 9 nitrogen and oxygen atoms in total. The van der Waals surface area contributed by atoms with Gasteiger partial charge in [-0.1, -0.05) is 12.1 Å². The summed E-state index contributed by atoms with van der Waals surface area (Å²) in [5.41, 5.74) is -0.217. The first kappa shape index (κ1) is 18.4. The molecule has 1 aliphatic heterocycles. The van der Waals surface area contributed by atoms with Gasteiger partial charge in [-0.25, -0.2) is 14.4 Å². The number of carbonyl (C=O) groups is 2. The lowest BCUT2D eigenvalue weighted by Gasteiger charge is -2.12. The number of hydrogen-bond donors (Lipinski definition) is 1. The minimum absolute atomic E-state index is 0.122. The van der Waals surface area contributed by atoms with Gasteiger partial charge in [0.15, 0.2) is 0 Å². The molecule has 0 radical (unpaired) electrons. The number of carbonyl (C=O) groups excluding carboxylic acids is 2. The zero-order chi connectivity index (χ0) is 19.4. The number of rotatable bonds is 6. The molecule has 0 spiro atoms. The second-order valence-electron chi connectivity index (χ2n) is 5.91. The molecule has 9 heteroatoms. The Bertz CT molecular complexity index is 960. The maximum absolute atomic E-state index is 12.1. The summed E-state index contributed by atoms with van der Waals surface area (Å²) >= 11 is 0. The second kappa shape index (κ2) is 7.90. The molecule has 3 rings (SSSR count). The van der Waals surface area contributed by atoms with Crippen molar-refractivity contribution in [3.05, 3.63) is 62.4 Å². The molecule has 1 fully saturated rings. The van der Waals surface area contributed by atoms with Crippen LogP contribution >= 0.6 is 0 Å². The van der Waals surface area contributed by atoms with Crippen molar-refractivity contribution in [1.82, 2.24) is 14.5 Å². The Morgan fingerprint density at radius 3 is 2.59 bits per heavy atom. The fraction of sp³-hybridized carbons (Fsp3) is 0.333. The predicted molar refractivity (Wildman–Crippen MR) is 95.2 cm³/mol. The molecule has 1 saturated heterocycles. The Hall–Kier alpha value is -3.36. The third-order valence-electron chi connectivity index (χ3n) is 4.17. The van der Waals surface area contributed by atoms with Crippen molar-refractivity contribution in [2.45, 2.75) is 13.3 Å². The van der Waals surface area contributed by atoms with Crippen molar-refractivity contribution in [3.63, 3.8) is 0 Å². The fourth-order valence-electron chi connectivity index (χ4n) is 2.73. The number of hydrogen-bond acceptors (Lipinski definition) is 6. The van der Waals surface area contributed by atoms with Crippen molar-refractivity contribution in [2.75, 3.05) is 26.3 Å². The number of aromatic amines is 1. The number of esters is 1. The standard InChI is InChI=1S/C18H19N3O6/c1-2-26-16(23)14-11-21(17(24)19-15(14)22)13-5-3-12(4-6-13)7-8-20-9-10-27-18(20)25/h3-6,11H,2,7-10H2,1H3,(H,19,22,24). The van der Waals surface area contributed by atoms with Crippen LogP contribution in [0, 0.1) is 0 Å². The van der Waals surface area contributed by atoms with E-state index in [0.717, 1.165) is 5.56 Å². The molecular formula is C18H19N3O6. The van der Waals surface area contributed by atoms with Crippen molar-refractivity contribution in [3.8, 4) is 5.69 Å². The van der Waals surface area contributed by atoms with Crippen LogP contribution in [-0.2, 0) is 15.9 Å². The Morgan fingerprint density at radius 2 is 1.96 bits per heavy atom.